The molecule has 1 unspecified atom stereocenters. The van der Waals surface area contributed by atoms with E-state index in [4.69, 9.17) is 18.9 Å². The van der Waals surface area contributed by atoms with Gasteiger partial charge in [0.15, 0.2) is 11.5 Å². The Labute approximate surface area is 199 Å². The molecule has 182 valence electrons. The zero-order valence-electron chi connectivity index (χ0n) is 20.2. The molecule has 1 atom stereocenters. The molecule has 8 heteroatoms. The molecule has 2 aromatic rings. The fourth-order valence-corrected chi connectivity index (χ4v) is 4.00. The monoisotopic (exact) mass is 469 g/mol. The van der Waals surface area contributed by atoms with Crippen LogP contribution in [0.5, 0.6) is 17.2 Å². The number of likely N-dealkylation sites (tertiary alicyclic amines) is 1. The van der Waals surface area contributed by atoms with E-state index in [0.717, 1.165) is 0 Å². The van der Waals surface area contributed by atoms with Crippen molar-refractivity contribution in [2.75, 3.05) is 34.5 Å². The summed E-state index contributed by atoms with van der Waals surface area (Å²) in [5.41, 5.74) is 1.01. The first-order valence-corrected chi connectivity index (χ1v) is 11.1. The van der Waals surface area contributed by atoms with Gasteiger partial charge in [0.25, 0.3) is 11.7 Å². The number of ketones is 1. The Bertz CT molecular complexity index is 1080. The number of Topliss-reactive ketones (excluding diaryl/α,β-unsaturated/α-hetero) is 1. The molecule has 0 radical (unpaired) electrons. The van der Waals surface area contributed by atoms with Gasteiger partial charge in [-0.2, -0.15) is 0 Å². The summed E-state index contributed by atoms with van der Waals surface area (Å²) in [6.45, 7) is 4.51. The molecule has 0 aromatic heterocycles. The van der Waals surface area contributed by atoms with Gasteiger partial charge in [-0.3, -0.25) is 9.59 Å². The summed E-state index contributed by atoms with van der Waals surface area (Å²) in [5.74, 6) is -0.162. The third-order valence-electron chi connectivity index (χ3n) is 5.49. The highest BCUT2D eigenvalue weighted by molar-refractivity contribution is 6.46. The SMILES string of the molecule is COCCCN1C(=O)C(=O)/C(=C(\O)c2cccc(OC(C)C)c2)C1c1ccc(OC)c(OC)c1. The summed E-state index contributed by atoms with van der Waals surface area (Å²) in [6.07, 6.45) is 0.473. The van der Waals surface area contributed by atoms with E-state index < -0.39 is 17.7 Å². The zero-order chi connectivity index (χ0) is 24.8. The molecule has 1 fully saturated rings. The van der Waals surface area contributed by atoms with Gasteiger partial charge >= 0.3 is 0 Å². The second-order valence-corrected chi connectivity index (χ2v) is 8.15. The smallest absolute Gasteiger partial charge is 0.295 e. The van der Waals surface area contributed by atoms with Crippen molar-refractivity contribution in [3.8, 4) is 17.2 Å². The van der Waals surface area contributed by atoms with Gasteiger partial charge < -0.3 is 29.0 Å². The van der Waals surface area contributed by atoms with E-state index in [2.05, 4.69) is 0 Å². The number of aliphatic hydroxyl groups excluding tert-OH is 1. The third-order valence-corrected chi connectivity index (χ3v) is 5.49. The van der Waals surface area contributed by atoms with Crippen LogP contribution in [0.15, 0.2) is 48.0 Å². The Morgan fingerprint density at radius 1 is 1.03 bits per heavy atom. The van der Waals surface area contributed by atoms with Gasteiger partial charge in [-0.1, -0.05) is 18.2 Å². The second-order valence-electron chi connectivity index (χ2n) is 8.15. The first kappa shape index (κ1) is 25.1. The number of nitrogens with zero attached hydrogens (tertiary/aromatic N) is 1. The van der Waals surface area contributed by atoms with Crippen LogP contribution in [0.3, 0.4) is 0 Å². The molecule has 2 aromatic carbocycles. The number of hydrogen-bond donors (Lipinski definition) is 1. The molecule has 1 heterocycles. The molecule has 34 heavy (non-hydrogen) atoms. The van der Waals surface area contributed by atoms with Crippen molar-refractivity contribution in [2.24, 2.45) is 0 Å². The average molecular weight is 470 g/mol. The molecule has 1 aliphatic rings. The second kappa shape index (κ2) is 11.1. The highest BCUT2D eigenvalue weighted by Crippen LogP contribution is 2.42. The van der Waals surface area contributed by atoms with E-state index in [1.165, 1.54) is 19.1 Å². The third kappa shape index (κ3) is 5.17. The summed E-state index contributed by atoms with van der Waals surface area (Å²) >= 11 is 0. The topological polar surface area (TPSA) is 94.5 Å². The van der Waals surface area contributed by atoms with Gasteiger partial charge in [0, 0.05) is 25.8 Å². The molecule has 1 N–H and O–H groups in total. The zero-order valence-corrected chi connectivity index (χ0v) is 20.2. The first-order valence-electron chi connectivity index (χ1n) is 11.1. The molecule has 0 bridgehead atoms. The van der Waals surface area contributed by atoms with Crippen LogP contribution in [0.1, 0.15) is 37.4 Å². The first-order chi connectivity index (χ1) is 16.3. The van der Waals surface area contributed by atoms with Gasteiger partial charge in [0.2, 0.25) is 0 Å². The summed E-state index contributed by atoms with van der Waals surface area (Å²) in [5, 5.41) is 11.3. The highest BCUT2D eigenvalue weighted by Gasteiger charge is 2.46. The van der Waals surface area contributed by atoms with Crippen LogP contribution < -0.4 is 14.2 Å². The predicted molar refractivity (Wildman–Crippen MR) is 127 cm³/mol. The fraction of sp³-hybridized carbons (Fsp3) is 0.385. The van der Waals surface area contributed by atoms with Crippen LogP contribution in [-0.4, -0.2) is 62.3 Å². The molecular formula is C26H31NO7. The minimum Gasteiger partial charge on any atom is -0.507 e. The molecule has 8 nitrogen and oxygen atoms in total. The lowest BCUT2D eigenvalue weighted by Crippen LogP contribution is -2.31. The van der Waals surface area contributed by atoms with E-state index in [9.17, 15) is 14.7 Å². The maximum absolute atomic E-state index is 13.2. The van der Waals surface area contributed by atoms with Gasteiger partial charge in [0.05, 0.1) is 31.9 Å². The van der Waals surface area contributed by atoms with Crippen molar-refractivity contribution in [3.05, 3.63) is 59.2 Å². The summed E-state index contributed by atoms with van der Waals surface area (Å²) in [7, 11) is 4.62. The molecule has 0 saturated carbocycles. The van der Waals surface area contributed by atoms with Crippen molar-refractivity contribution < 1.29 is 33.6 Å². The van der Waals surface area contributed by atoms with Crippen molar-refractivity contribution in [2.45, 2.75) is 32.4 Å². The number of benzene rings is 2. The largest absolute Gasteiger partial charge is 0.507 e. The maximum atomic E-state index is 13.2. The van der Waals surface area contributed by atoms with Crippen LogP contribution in [0, 0.1) is 0 Å². The van der Waals surface area contributed by atoms with E-state index in [1.807, 2.05) is 13.8 Å². The predicted octanol–water partition coefficient (Wildman–Crippen LogP) is 3.95. The van der Waals surface area contributed by atoms with Crippen molar-refractivity contribution in [3.63, 3.8) is 0 Å². The molecule has 3 rings (SSSR count). The van der Waals surface area contributed by atoms with E-state index >= 15 is 0 Å². The van der Waals surface area contributed by atoms with Crippen LogP contribution in [-0.2, 0) is 14.3 Å². The van der Waals surface area contributed by atoms with Crippen molar-refractivity contribution >= 4 is 17.4 Å². The number of amides is 1. The Morgan fingerprint density at radius 3 is 2.41 bits per heavy atom. The van der Waals surface area contributed by atoms with Crippen LogP contribution in [0.2, 0.25) is 0 Å². The Balaban J connectivity index is 2.15. The van der Waals surface area contributed by atoms with Crippen molar-refractivity contribution in [1.29, 1.82) is 0 Å². The Kier molecular flexibility index (Phi) is 8.17. The van der Waals surface area contributed by atoms with E-state index in [-0.39, 0.29) is 24.0 Å². The van der Waals surface area contributed by atoms with Crippen LogP contribution in [0.4, 0.5) is 0 Å². The Hall–Kier alpha value is -3.52. The summed E-state index contributed by atoms with van der Waals surface area (Å²) in [4.78, 5) is 27.6. The van der Waals surface area contributed by atoms with Crippen molar-refractivity contribution in [1.82, 2.24) is 4.90 Å². The quantitative estimate of drug-likeness (QED) is 0.244. The van der Waals surface area contributed by atoms with Crippen LogP contribution in [0.25, 0.3) is 5.76 Å². The molecule has 0 spiro atoms. The number of rotatable bonds is 10. The van der Waals surface area contributed by atoms with Gasteiger partial charge in [-0.25, -0.2) is 0 Å². The number of ether oxygens (including phenoxy) is 4. The lowest BCUT2D eigenvalue weighted by molar-refractivity contribution is -0.140. The minimum absolute atomic E-state index is 0.0105. The van der Waals surface area contributed by atoms with Gasteiger partial charge in [-0.05, 0) is 50.1 Å². The lowest BCUT2D eigenvalue weighted by Gasteiger charge is -2.26. The van der Waals surface area contributed by atoms with Gasteiger partial charge in [-0.15, -0.1) is 0 Å². The van der Waals surface area contributed by atoms with Crippen LogP contribution >= 0.6 is 0 Å². The maximum Gasteiger partial charge on any atom is 0.295 e. The normalized spacial score (nSPS) is 17.4. The lowest BCUT2D eigenvalue weighted by atomic mass is 9.95. The van der Waals surface area contributed by atoms with Gasteiger partial charge in [0.1, 0.15) is 11.5 Å². The minimum atomic E-state index is -0.800. The molecular weight excluding hydrogens is 438 g/mol. The number of hydrogen-bond acceptors (Lipinski definition) is 7. The van der Waals surface area contributed by atoms with E-state index in [1.54, 1.807) is 49.6 Å². The number of carbonyl (C=O) groups is 2. The fourth-order valence-electron chi connectivity index (χ4n) is 4.00. The summed E-state index contributed by atoms with van der Waals surface area (Å²) < 4.78 is 21.6. The average Bonchev–Trinajstić information content (AvgIpc) is 3.08. The molecule has 0 aliphatic carbocycles. The van der Waals surface area contributed by atoms with E-state index in [0.29, 0.717) is 41.4 Å². The highest BCUT2D eigenvalue weighted by atomic mass is 16.5. The summed E-state index contributed by atoms with van der Waals surface area (Å²) in [6, 6.07) is 11.2. The Morgan fingerprint density at radius 2 is 1.76 bits per heavy atom. The number of methoxy groups -OCH3 is 3. The molecule has 1 aliphatic heterocycles. The number of carbonyl (C=O) groups excluding carboxylic acids is 2. The molecule has 1 saturated heterocycles. The molecule has 1 amide bonds. The number of aliphatic hydroxyl groups is 1. The standard InChI is InChI=1S/C26H31NO7/c1-16(2)34-19-9-6-8-18(14-19)24(28)22-23(17-10-11-20(32-4)21(15-17)33-5)27(12-7-13-31-3)26(30)25(22)29/h6,8-11,14-16,23,28H,7,12-13H2,1-5H3/b24-22-.